The summed E-state index contributed by atoms with van der Waals surface area (Å²) in [5, 5.41) is 0. The second-order valence-corrected chi connectivity index (χ2v) is 9.50. The van der Waals surface area contributed by atoms with Crippen molar-refractivity contribution in [3.05, 3.63) is 71.8 Å². The largest absolute Gasteiger partial charge is 0.304 e. The van der Waals surface area contributed by atoms with Crippen LogP contribution in [0, 0.1) is 5.92 Å². The van der Waals surface area contributed by atoms with Gasteiger partial charge in [-0.05, 0) is 12.6 Å². The Morgan fingerprint density at radius 2 is 1.28 bits per heavy atom. The van der Waals surface area contributed by atoms with Crippen LogP contribution >= 0.6 is 0 Å². The minimum absolute atomic E-state index is 0.0337. The lowest BCUT2D eigenvalue weighted by Gasteiger charge is -2.42. The number of carbonyl (C=O) groups excluding carboxylic acids is 1. The van der Waals surface area contributed by atoms with E-state index in [2.05, 4.69) is 63.9 Å². The molecule has 32 heavy (non-hydrogen) atoms. The van der Waals surface area contributed by atoms with Crippen LogP contribution in [0.4, 0.5) is 0 Å². The number of rotatable bonds is 8. The maximum atomic E-state index is 12.7. The zero-order valence-electron chi connectivity index (χ0n) is 19.7. The van der Waals surface area contributed by atoms with Crippen molar-refractivity contribution in [2.75, 3.05) is 72.5 Å². The molecule has 2 atom stereocenters. The Morgan fingerprint density at radius 3 is 1.88 bits per heavy atom. The Balaban J connectivity index is 1.31. The van der Waals surface area contributed by atoms with Crippen LogP contribution in [0.1, 0.15) is 28.9 Å². The highest BCUT2D eigenvalue weighted by Gasteiger charge is 2.28. The molecule has 2 aromatic rings. The summed E-state index contributed by atoms with van der Waals surface area (Å²) in [5.74, 6) is 0.290. The lowest BCUT2D eigenvalue weighted by molar-refractivity contribution is 0.0590. The second-order valence-electron chi connectivity index (χ2n) is 9.50. The average molecular weight is 435 g/mol. The number of likely N-dealkylation sites (N-methyl/N-ethyl adjacent to an activating group) is 1. The molecule has 2 aromatic carbocycles. The maximum absolute atomic E-state index is 12.7. The number of ketones is 1. The third-order valence-electron chi connectivity index (χ3n) is 7.10. The molecule has 0 aliphatic carbocycles. The van der Waals surface area contributed by atoms with Crippen LogP contribution in [0.25, 0.3) is 0 Å². The van der Waals surface area contributed by atoms with Gasteiger partial charge in [0, 0.05) is 83.0 Å². The standard InChI is InChI=1S/C27H38N4O/c1-23(27(32)25-11-7-4-8-12-25)21-29-15-17-30(18-16-29)22-26(24-9-5-3-6-10-24)31-19-13-28(2)14-20-31/h3-12,23,26H,13-22H2,1-2H3. The molecule has 2 heterocycles. The fourth-order valence-corrected chi connectivity index (χ4v) is 5.00. The van der Waals surface area contributed by atoms with E-state index in [0.29, 0.717) is 6.04 Å². The van der Waals surface area contributed by atoms with E-state index in [-0.39, 0.29) is 11.7 Å². The molecule has 4 rings (SSSR count). The molecule has 2 aliphatic rings. The maximum Gasteiger partial charge on any atom is 0.166 e. The molecule has 0 N–H and O–H groups in total. The normalized spacial score (nSPS) is 21.3. The molecule has 2 aliphatic heterocycles. The minimum Gasteiger partial charge on any atom is -0.304 e. The van der Waals surface area contributed by atoms with Gasteiger partial charge in [-0.1, -0.05) is 67.6 Å². The molecule has 0 saturated carbocycles. The Hall–Kier alpha value is -2.05. The van der Waals surface area contributed by atoms with Gasteiger partial charge in [0.1, 0.15) is 0 Å². The summed E-state index contributed by atoms with van der Waals surface area (Å²) in [6.45, 7) is 12.8. The third-order valence-corrected chi connectivity index (χ3v) is 7.10. The predicted octanol–water partition coefficient (Wildman–Crippen LogP) is 3.11. The van der Waals surface area contributed by atoms with Gasteiger partial charge in [0.25, 0.3) is 0 Å². The van der Waals surface area contributed by atoms with Gasteiger partial charge in [-0.15, -0.1) is 0 Å². The number of hydrogen-bond donors (Lipinski definition) is 0. The van der Waals surface area contributed by atoms with Crippen molar-refractivity contribution in [1.29, 1.82) is 0 Å². The number of hydrogen-bond acceptors (Lipinski definition) is 5. The second kappa shape index (κ2) is 11.2. The fourth-order valence-electron chi connectivity index (χ4n) is 5.00. The highest BCUT2D eigenvalue weighted by Crippen LogP contribution is 2.24. The Bertz CT molecular complexity index is 827. The third kappa shape index (κ3) is 6.04. The van der Waals surface area contributed by atoms with E-state index in [1.165, 1.54) is 5.56 Å². The Morgan fingerprint density at radius 1 is 0.750 bits per heavy atom. The van der Waals surface area contributed by atoms with Crippen LogP contribution in [-0.2, 0) is 0 Å². The van der Waals surface area contributed by atoms with E-state index in [9.17, 15) is 4.79 Å². The first kappa shape index (κ1) is 23.1. The molecule has 2 unspecified atom stereocenters. The highest BCUT2D eigenvalue weighted by molar-refractivity contribution is 5.97. The fraction of sp³-hybridized carbons (Fsp3) is 0.519. The van der Waals surface area contributed by atoms with Crippen molar-refractivity contribution >= 4 is 5.78 Å². The molecule has 0 aromatic heterocycles. The van der Waals surface area contributed by atoms with E-state index in [0.717, 1.165) is 71.0 Å². The number of carbonyl (C=O) groups is 1. The van der Waals surface area contributed by atoms with E-state index < -0.39 is 0 Å². The van der Waals surface area contributed by atoms with Crippen LogP contribution in [-0.4, -0.2) is 97.9 Å². The van der Waals surface area contributed by atoms with Gasteiger partial charge < -0.3 is 9.80 Å². The lowest BCUT2D eigenvalue weighted by atomic mass is 9.98. The van der Waals surface area contributed by atoms with E-state index in [1.807, 2.05) is 30.3 Å². The zero-order chi connectivity index (χ0) is 22.3. The Kier molecular flexibility index (Phi) is 8.09. The topological polar surface area (TPSA) is 30.0 Å². The molecule has 0 amide bonds. The zero-order valence-corrected chi connectivity index (χ0v) is 19.7. The molecule has 5 nitrogen and oxygen atoms in total. The summed E-state index contributed by atoms with van der Waals surface area (Å²) in [7, 11) is 2.22. The number of piperazine rings is 2. The SMILES string of the molecule is CC(CN1CCN(CC(c2ccccc2)N2CCN(C)CC2)CC1)C(=O)c1ccccc1. The smallest absolute Gasteiger partial charge is 0.166 e. The molecule has 0 bridgehead atoms. The van der Waals surface area contributed by atoms with Gasteiger partial charge in [0.05, 0.1) is 0 Å². The van der Waals surface area contributed by atoms with Crippen LogP contribution in [0.15, 0.2) is 60.7 Å². The summed E-state index contributed by atoms with van der Waals surface area (Å²) in [6, 6.07) is 21.2. The quantitative estimate of drug-likeness (QED) is 0.596. The lowest BCUT2D eigenvalue weighted by Crippen LogP contribution is -2.52. The summed E-state index contributed by atoms with van der Waals surface area (Å²) >= 11 is 0. The molecule has 2 saturated heterocycles. The first-order valence-electron chi connectivity index (χ1n) is 12.1. The van der Waals surface area contributed by atoms with Crippen molar-refractivity contribution < 1.29 is 4.79 Å². The van der Waals surface area contributed by atoms with Gasteiger partial charge in [-0.2, -0.15) is 0 Å². The van der Waals surface area contributed by atoms with E-state index >= 15 is 0 Å². The van der Waals surface area contributed by atoms with E-state index in [4.69, 9.17) is 0 Å². The van der Waals surface area contributed by atoms with Crippen LogP contribution in [0.3, 0.4) is 0 Å². The molecule has 0 spiro atoms. The average Bonchev–Trinajstić information content (AvgIpc) is 2.85. The van der Waals surface area contributed by atoms with Gasteiger partial charge in [-0.3, -0.25) is 14.6 Å². The molecule has 0 radical (unpaired) electrons. The number of Topliss-reactive ketones (excluding diaryl/α,β-unsaturated/α-hetero) is 1. The van der Waals surface area contributed by atoms with Crippen molar-refractivity contribution in [2.24, 2.45) is 5.92 Å². The summed E-state index contributed by atoms with van der Waals surface area (Å²) in [6.07, 6.45) is 0. The summed E-state index contributed by atoms with van der Waals surface area (Å²) < 4.78 is 0. The van der Waals surface area contributed by atoms with Gasteiger partial charge in [0.2, 0.25) is 0 Å². The van der Waals surface area contributed by atoms with Gasteiger partial charge in [0.15, 0.2) is 5.78 Å². The van der Waals surface area contributed by atoms with Crippen LogP contribution in [0.2, 0.25) is 0 Å². The van der Waals surface area contributed by atoms with Gasteiger partial charge >= 0.3 is 0 Å². The molecule has 172 valence electrons. The first-order valence-corrected chi connectivity index (χ1v) is 12.1. The molecule has 2 fully saturated rings. The van der Waals surface area contributed by atoms with Crippen molar-refractivity contribution in [1.82, 2.24) is 19.6 Å². The monoisotopic (exact) mass is 434 g/mol. The predicted molar refractivity (Wildman–Crippen MR) is 131 cm³/mol. The molecular formula is C27H38N4O. The minimum atomic E-state index is 0.0337. The molecular weight excluding hydrogens is 396 g/mol. The highest BCUT2D eigenvalue weighted by atomic mass is 16.1. The van der Waals surface area contributed by atoms with Gasteiger partial charge in [-0.25, -0.2) is 0 Å². The first-order chi connectivity index (χ1) is 15.6. The number of benzene rings is 2. The number of nitrogens with zero attached hydrogens (tertiary/aromatic N) is 4. The van der Waals surface area contributed by atoms with Crippen molar-refractivity contribution in [2.45, 2.75) is 13.0 Å². The summed E-state index contributed by atoms with van der Waals surface area (Å²) in [4.78, 5) is 22.9. The van der Waals surface area contributed by atoms with Crippen LogP contribution in [0.5, 0.6) is 0 Å². The van der Waals surface area contributed by atoms with Crippen LogP contribution < -0.4 is 0 Å². The van der Waals surface area contributed by atoms with Crippen molar-refractivity contribution in [3.8, 4) is 0 Å². The van der Waals surface area contributed by atoms with E-state index in [1.54, 1.807) is 0 Å². The van der Waals surface area contributed by atoms with Crippen molar-refractivity contribution in [3.63, 3.8) is 0 Å². The summed E-state index contributed by atoms with van der Waals surface area (Å²) in [5.41, 5.74) is 2.26. The Labute approximate surface area is 193 Å². The molecule has 5 heteroatoms.